The fraction of sp³-hybridized carbons (Fsp3) is 0.393. The number of benzene rings is 2. The summed E-state index contributed by atoms with van der Waals surface area (Å²) in [6.07, 6.45) is -0.276. The van der Waals surface area contributed by atoms with E-state index in [2.05, 4.69) is 10.1 Å². The van der Waals surface area contributed by atoms with E-state index in [0.717, 1.165) is 0 Å². The van der Waals surface area contributed by atoms with Crippen molar-refractivity contribution in [2.24, 2.45) is 0 Å². The van der Waals surface area contributed by atoms with E-state index in [1.54, 1.807) is 22.8 Å². The molecule has 2 aromatic carbocycles. The lowest BCUT2D eigenvalue weighted by molar-refractivity contribution is -0.137. The number of hydrogen-bond acceptors (Lipinski definition) is 6. The van der Waals surface area contributed by atoms with E-state index in [0.29, 0.717) is 27.7 Å². The van der Waals surface area contributed by atoms with Crippen LogP contribution in [0.4, 0.5) is 0 Å². The van der Waals surface area contributed by atoms with E-state index in [-0.39, 0.29) is 42.4 Å². The molecule has 9 heteroatoms. The zero-order valence-corrected chi connectivity index (χ0v) is 22.0. The van der Waals surface area contributed by atoms with E-state index in [9.17, 15) is 19.5 Å². The first-order valence-electron chi connectivity index (χ1n) is 12.2. The van der Waals surface area contributed by atoms with Crippen LogP contribution in [0.15, 0.2) is 41.2 Å². The van der Waals surface area contributed by atoms with Crippen LogP contribution in [0, 0.1) is 0 Å². The van der Waals surface area contributed by atoms with E-state index >= 15 is 0 Å². The molecule has 2 N–H and O–H groups in total. The fourth-order valence-electron chi connectivity index (χ4n) is 4.44. The van der Waals surface area contributed by atoms with Crippen LogP contribution in [0.3, 0.4) is 0 Å². The number of carbonyl (C=O) groups excluding carboxylic acids is 1. The van der Waals surface area contributed by atoms with Gasteiger partial charge in [-0.15, -0.1) is 0 Å². The van der Waals surface area contributed by atoms with Gasteiger partial charge in [-0.3, -0.25) is 14.4 Å². The molecular formula is C28H32N4O5. The Balaban J connectivity index is 1.86. The van der Waals surface area contributed by atoms with E-state index in [1.165, 1.54) is 4.52 Å². The first kappa shape index (κ1) is 26.1. The van der Waals surface area contributed by atoms with E-state index in [4.69, 9.17) is 5.11 Å². The maximum atomic E-state index is 13.7. The number of rotatable bonds is 6. The maximum absolute atomic E-state index is 13.7. The number of carboxylic acid groups (broad SMARTS) is 1. The van der Waals surface area contributed by atoms with E-state index in [1.807, 2.05) is 59.7 Å². The van der Waals surface area contributed by atoms with Crippen molar-refractivity contribution in [3.05, 3.63) is 69.1 Å². The van der Waals surface area contributed by atoms with Crippen molar-refractivity contribution in [1.82, 2.24) is 19.2 Å². The van der Waals surface area contributed by atoms with Gasteiger partial charge in [0.2, 0.25) is 5.78 Å². The molecule has 4 aromatic rings. The number of phenols is 1. The number of carbonyl (C=O) groups is 2. The fourth-order valence-corrected chi connectivity index (χ4v) is 4.44. The minimum atomic E-state index is -1.03. The number of aromatic hydroxyl groups is 1. The van der Waals surface area contributed by atoms with Gasteiger partial charge in [0.15, 0.2) is 5.78 Å². The number of fused-ring (bicyclic) bond motifs is 3. The van der Waals surface area contributed by atoms with Gasteiger partial charge in [-0.05, 0) is 35.1 Å². The molecule has 9 nitrogen and oxygen atoms in total. The molecule has 0 bridgehead atoms. The molecule has 0 saturated heterocycles. The molecule has 0 aliphatic rings. The van der Waals surface area contributed by atoms with E-state index < -0.39 is 22.4 Å². The van der Waals surface area contributed by atoms with Gasteiger partial charge in [-0.25, -0.2) is 0 Å². The minimum absolute atomic E-state index is 0.0405. The highest BCUT2D eigenvalue weighted by molar-refractivity contribution is 5.98. The Labute approximate surface area is 214 Å². The van der Waals surface area contributed by atoms with Crippen molar-refractivity contribution in [3.63, 3.8) is 0 Å². The summed E-state index contributed by atoms with van der Waals surface area (Å²) in [6, 6.07) is 10.7. The van der Waals surface area contributed by atoms with Crippen molar-refractivity contribution in [3.8, 4) is 5.75 Å². The summed E-state index contributed by atoms with van der Waals surface area (Å²) < 4.78 is 3.13. The molecular weight excluding hydrogens is 472 g/mol. The molecule has 0 saturated carbocycles. The van der Waals surface area contributed by atoms with Crippen molar-refractivity contribution < 1.29 is 19.8 Å². The van der Waals surface area contributed by atoms with Gasteiger partial charge in [0.25, 0.3) is 5.56 Å². The average Bonchev–Trinajstić information content (AvgIpc) is 3.08. The van der Waals surface area contributed by atoms with Crippen molar-refractivity contribution in [2.75, 3.05) is 0 Å². The predicted molar refractivity (Wildman–Crippen MR) is 141 cm³/mol. The quantitative estimate of drug-likeness (QED) is 0.376. The first-order valence-corrected chi connectivity index (χ1v) is 12.2. The number of nitrogens with zero attached hydrogens (tertiary/aromatic N) is 4. The zero-order chi connectivity index (χ0) is 27.3. The van der Waals surface area contributed by atoms with Crippen molar-refractivity contribution in [2.45, 2.75) is 71.8 Å². The Morgan fingerprint density at radius 2 is 1.51 bits per heavy atom. The number of phenolic OH excluding ortho intramolecular Hbond substituents is 1. The number of carboxylic acids is 1. The highest BCUT2D eigenvalue weighted by Gasteiger charge is 2.28. The smallest absolute Gasteiger partial charge is 0.303 e. The summed E-state index contributed by atoms with van der Waals surface area (Å²) >= 11 is 0. The lowest BCUT2D eigenvalue weighted by Gasteiger charge is -2.28. The van der Waals surface area contributed by atoms with Crippen molar-refractivity contribution in [1.29, 1.82) is 0 Å². The topological polar surface area (TPSA) is 127 Å². The van der Waals surface area contributed by atoms with Crippen molar-refractivity contribution >= 4 is 28.6 Å². The molecule has 0 aliphatic carbocycles. The number of hydrogen-bond donors (Lipinski definition) is 2. The summed E-state index contributed by atoms with van der Waals surface area (Å²) in [5.74, 6) is -0.842. The highest BCUT2D eigenvalue weighted by Crippen LogP contribution is 2.40. The predicted octanol–water partition coefficient (Wildman–Crippen LogP) is 4.24. The van der Waals surface area contributed by atoms with Gasteiger partial charge < -0.3 is 14.8 Å². The Morgan fingerprint density at radius 3 is 2.05 bits per heavy atom. The Morgan fingerprint density at radius 1 is 0.946 bits per heavy atom. The molecule has 37 heavy (non-hydrogen) atoms. The minimum Gasteiger partial charge on any atom is -0.507 e. The Bertz CT molecular complexity index is 1560. The third kappa shape index (κ3) is 4.98. The maximum Gasteiger partial charge on any atom is 0.303 e. The highest BCUT2D eigenvalue weighted by atomic mass is 16.4. The standard InChI is InChI=1S/C28H32N4O5/c1-27(2,3)17-13-16(14-18(24(17)36)28(4,5)6)22(33)15-31-20-9-7-8-10-21(20)32-26(31)29-25(37)19(30-32)11-12-23(34)35/h7-10,13-14,36H,11-12,15H2,1-6H3,(H,34,35). The van der Waals surface area contributed by atoms with Crippen LogP contribution in [-0.4, -0.2) is 41.1 Å². The first-order chi connectivity index (χ1) is 17.2. The average molecular weight is 505 g/mol. The normalized spacial score (nSPS) is 12.4. The van der Waals surface area contributed by atoms with Crippen LogP contribution < -0.4 is 5.56 Å². The largest absolute Gasteiger partial charge is 0.507 e. The Kier molecular flexibility index (Phi) is 6.44. The molecule has 2 aromatic heterocycles. The third-order valence-corrected chi connectivity index (χ3v) is 6.43. The van der Waals surface area contributed by atoms with Gasteiger partial charge in [0, 0.05) is 23.1 Å². The second kappa shape index (κ2) is 9.14. The molecule has 0 aliphatic heterocycles. The number of ketones is 1. The third-order valence-electron chi connectivity index (χ3n) is 6.43. The second-order valence-electron chi connectivity index (χ2n) is 11.4. The molecule has 0 fully saturated rings. The summed E-state index contributed by atoms with van der Waals surface area (Å²) in [7, 11) is 0. The van der Waals surface area contributed by atoms with Gasteiger partial charge in [0.1, 0.15) is 11.4 Å². The number of Topliss-reactive ketones (excluding diaryl/α,β-unsaturated/α-hetero) is 1. The molecule has 0 unspecified atom stereocenters. The van der Waals surface area contributed by atoms with Crippen LogP contribution in [-0.2, 0) is 28.6 Å². The zero-order valence-electron chi connectivity index (χ0n) is 22.0. The summed E-state index contributed by atoms with van der Waals surface area (Å²) in [6.45, 7) is 11.8. The monoisotopic (exact) mass is 504 g/mol. The molecule has 0 atom stereocenters. The molecule has 194 valence electrons. The van der Waals surface area contributed by atoms with Crippen LogP contribution in [0.2, 0.25) is 0 Å². The lowest BCUT2D eigenvalue weighted by atomic mass is 9.78. The molecule has 2 heterocycles. The second-order valence-corrected chi connectivity index (χ2v) is 11.4. The lowest BCUT2D eigenvalue weighted by Crippen LogP contribution is -2.22. The molecule has 4 rings (SSSR count). The Hall–Kier alpha value is -4.01. The van der Waals surface area contributed by atoms with Crippen LogP contribution >= 0.6 is 0 Å². The number of aryl methyl sites for hydroxylation is 1. The molecule has 0 amide bonds. The summed E-state index contributed by atoms with van der Waals surface area (Å²) in [5, 5.41) is 24.4. The SMILES string of the molecule is CC(C)(C)c1cc(C(=O)Cn2c3ccccc3n3nc(CCC(=O)O)c(=O)nc23)cc(C(C)(C)C)c1O. The number of aliphatic carboxylic acids is 1. The molecule has 0 radical (unpaired) electrons. The van der Waals surface area contributed by atoms with Gasteiger partial charge >= 0.3 is 5.97 Å². The van der Waals surface area contributed by atoms with Gasteiger partial charge in [0.05, 0.1) is 24.0 Å². The van der Waals surface area contributed by atoms with Gasteiger partial charge in [-0.1, -0.05) is 53.7 Å². The summed E-state index contributed by atoms with van der Waals surface area (Å²) in [5.41, 5.74) is 1.79. The molecule has 0 spiro atoms. The van der Waals surface area contributed by atoms with Crippen LogP contribution in [0.5, 0.6) is 5.75 Å². The van der Waals surface area contributed by atoms with Gasteiger partial charge in [-0.2, -0.15) is 14.6 Å². The van der Waals surface area contributed by atoms with Crippen LogP contribution in [0.1, 0.15) is 75.1 Å². The number of imidazole rings is 1. The number of aromatic nitrogens is 4. The number of para-hydroxylation sites is 2. The van der Waals surface area contributed by atoms with Crippen LogP contribution in [0.25, 0.3) is 16.8 Å². The summed E-state index contributed by atoms with van der Waals surface area (Å²) in [4.78, 5) is 41.6.